The van der Waals surface area contributed by atoms with E-state index in [2.05, 4.69) is 11.7 Å². The van der Waals surface area contributed by atoms with Crippen LogP contribution in [-0.2, 0) is 0 Å². The molecule has 0 bridgehead atoms. The first-order valence-electron chi connectivity index (χ1n) is 3.16. The van der Waals surface area contributed by atoms with Gasteiger partial charge < -0.3 is 4.74 Å². The number of rotatable bonds is 2. The van der Waals surface area contributed by atoms with Crippen molar-refractivity contribution in [2.75, 3.05) is 0 Å². The Balaban J connectivity index is 2.82. The first-order valence-corrected chi connectivity index (χ1v) is 3.16. The van der Waals surface area contributed by atoms with Crippen molar-refractivity contribution in [3.8, 4) is 5.75 Å². The maximum atomic E-state index is 12.6. The third kappa shape index (κ3) is 2.15. The molecular formula is C8H6F3O. The van der Waals surface area contributed by atoms with Crippen LogP contribution in [0.15, 0.2) is 18.2 Å². The molecule has 0 saturated heterocycles. The topological polar surface area (TPSA) is 9.23 Å². The van der Waals surface area contributed by atoms with Crippen molar-refractivity contribution in [2.45, 2.75) is 6.61 Å². The Labute approximate surface area is 67.8 Å². The van der Waals surface area contributed by atoms with Crippen molar-refractivity contribution >= 4 is 0 Å². The molecule has 12 heavy (non-hydrogen) atoms. The van der Waals surface area contributed by atoms with Crippen LogP contribution in [0.25, 0.3) is 0 Å². The molecule has 1 aromatic carbocycles. The third-order valence-electron chi connectivity index (χ3n) is 1.25. The molecule has 65 valence electrons. The smallest absolute Gasteiger partial charge is 0.387 e. The van der Waals surface area contributed by atoms with Crippen molar-refractivity contribution < 1.29 is 17.9 Å². The Morgan fingerprint density at radius 2 is 2.00 bits per heavy atom. The van der Waals surface area contributed by atoms with E-state index in [9.17, 15) is 13.2 Å². The minimum atomic E-state index is -2.93. The van der Waals surface area contributed by atoms with Crippen LogP contribution in [0.1, 0.15) is 5.56 Å². The van der Waals surface area contributed by atoms with Gasteiger partial charge in [0.15, 0.2) is 0 Å². The van der Waals surface area contributed by atoms with Gasteiger partial charge in [-0.3, -0.25) is 0 Å². The largest absolute Gasteiger partial charge is 0.435 e. The highest BCUT2D eigenvalue weighted by Gasteiger charge is 2.05. The number of benzene rings is 1. The molecule has 0 aliphatic carbocycles. The lowest BCUT2D eigenvalue weighted by Crippen LogP contribution is -2.02. The van der Waals surface area contributed by atoms with E-state index in [0.717, 1.165) is 6.07 Å². The van der Waals surface area contributed by atoms with Gasteiger partial charge in [0.05, 0.1) is 0 Å². The van der Waals surface area contributed by atoms with Gasteiger partial charge in [0.25, 0.3) is 0 Å². The van der Waals surface area contributed by atoms with Crippen LogP contribution in [0.2, 0.25) is 0 Å². The molecule has 0 unspecified atom stereocenters. The van der Waals surface area contributed by atoms with Crippen molar-refractivity contribution in [3.05, 3.63) is 36.5 Å². The highest BCUT2D eigenvalue weighted by molar-refractivity contribution is 5.30. The Bertz CT molecular complexity index is 273. The van der Waals surface area contributed by atoms with E-state index in [4.69, 9.17) is 0 Å². The van der Waals surface area contributed by atoms with E-state index >= 15 is 0 Å². The fourth-order valence-corrected chi connectivity index (χ4v) is 0.704. The zero-order valence-corrected chi connectivity index (χ0v) is 6.06. The van der Waals surface area contributed by atoms with Gasteiger partial charge >= 0.3 is 6.61 Å². The maximum Gasteiger partial charge on any atom is 0.387 e. The summed E-state index contributed by atoms with van der Waals surface area (Å²) in [5.41, 5.74) is 0.150. The van der Waals surface area contributed by atoms with Gasteiger partial charge in [0.2, 0.25) is 0 Å². The van der Waals surface area contributed by atoms with Gasteiger partial charge in [-0.05, 0) is 18.6 Å². The average Bonchev–Trinajstić information content (AvgIpc) is 1.96. The van der Waals surface area contributed by atoms with E-state index in [-0.39, 0.29) is 11.3 Å². The van der Waals surface area contributed by atoms with E-state index in [1.807, 2.05) is 0 Å². The SMILES string of the molecule is [CH2]c1ccc(OC(F)F)cc1F. The van der Waals surface area contributed by atoms with Crippen LogP contribution in [0.3, 0.4) is 0 Å². The molecule has 0 fully saturated rings. The summed E-state index contributed by atoms with van der Waals surface area (Å²) >= 11 is 0. The van der Waals surface area contributed by atoms with Crippen molar-refractivity contribution in [1.29, 1.82) is 0 Å². The first-order chi connectivity index (χ1) is 5.59. The molecule has 0 spiro atoms. The van der Waals surface area contributed by atoms with Crippen LogP contribution in [-0.4, -0.2) is 6.61 Å². The molecule has 1 aromatic rings. The summed E-state index contributed by atoms with van der Waals surface area (Å²) in [5.74, 6) is -0.858. The molecule has 0 aromatic heterocycles. The Kier molecular flexibility index (Phi) is 2.58. The number of hydrogen-bond acceptors (Lipinski definition) is 1. The van der Waals surface area contributed by atoms with Gasteiger partial charge in [-0.25, -0.2) is 4.39 Å². The third-order valence-corrected chi connectivity index (χ3v) is 1.25. The van der Waals surface area contributed by atoms with Crippen molar-refractivity contribution in [3.63, 3.8) is 0 Å². The number of ether oxygens (including phenoxy) is 1. The highest BCUT2D eigenvalue weighted by Crippen LogP contribution is 2.17. The van der Waals surface area contributed by atoms with Crippen LogP contribution < -0.4 is 4.74 Å². The predicted octanol–water partition coefficient (Wildman–Crippen LogP) is 2.61. The van der Waals surface area contributed by atoms with Gasteiger partial charge in [-0.15, -0.1) is 0 Å². The predicted molar refractivity (Wildman–Crippen MR) is 37.5 cm³/mol. The van der Waals surface area contributed by atoms with Crippen LogP contribution in [0.4, 0.5) is 13.2 Å². The zero-order chi connectivity index (χ0) is 9.14. The molecule has 0 heterocycles. The molecule has 1 radical (unpaired) electrons. The second-order valence-electron chi connectivity index (χ2n) is 2.13. The quantitative estimate of drug-likeness (QED) is 0.671. The Morgan fingerprint density at radius 1 is 1.33 bits per heavy atom. The lowest BCUT2D eigenvalue weighted by molar-refractivity contribution is -0.0500. The van der Waals surface area contributed by atoms with Gasteiger partial charge in [0.1, 0.15) is 11.6 Å². The average molecular weight is 175 g/mol. The van der Waals surface area contributed by atoms with E-state index in [1.54, 1.807) is 0 Å². The number of hydrogen-bond donors (Lipinski definition) is 0. The zero-order valence-electron chi connectivity index (χ0n) is 6.06. The van der Waals surface area contributed by atoms with Crippen LogP contribution in [0.5, 0.6) is 5.75 Å². The second kappa shape index (κ2) is 3.47. The minimum absolute atomic E-state index is 0.150. The monoisotopic (exact) mass is 175 g/mol. The summed E-state index contributed by atoms with van der Waals surface area (Å²) in [6, 6.07) is 3.37. The lowest BCUT2D eigenvalue weighted by Gasteiger charge is -2.04. The van der Waals surface area contributed by atoms with Crippen LogP contribution in [0, 0.1) is 12.7 Å². The molecule has 0 amide bonds. The van der Waals surface area contributed by atoms with Crippen LogP contribution >= 0.6 is 0 Å². The summed E-state index contributed by atoms with van der Waals surface area (Å²) in [6.45, 7) is 0.392. The van der Waals surface area contributed by atoms with Gasteiger partial charge in [-0.1, -0.05) is 6.07 Å². The molecule has 1 rings (SSSR count). The Hall–Kier alpha value is -1.19. The maximum absolute atomic E-state index is 12.6. The summed E-state index contributed by atoms with van der Waals surface area (Å²) in [6.07, 6.45) is 0. The fraction of sp³-hybridized carbons (Fsp3) is 0.125. The molecule has 0 N–H and O–H groups in total. The Morgan fingerprint density at radius 3 is 2.50 bits per heavy atom. The number of halogens is 3. The fourth-order valence-electron chi connectivity index (χ4n) is 0.704. The summed E-state index contributed by atoms with van der Waals surface area (Å²) in [7, 11) is 0. The van der Waals surface area contributed by atoms with Gasteiger partial charge in [0, 0.05) is 6.07 Å². The normalized spacial score (nSPS) is 10.4. The molecular weight excluding hydrogens is 169 g/mol. The van der Waals surface area contributed by atoms with E-state index in [0.29, 0.717) is 0 Å². The van der Waals surface area contributed by atoms with Gasteiger partial charge in [-0.2, -0.15) is 8.78 Å². The highest BCUT2D eigenvalue weighted by atomic mass is 19.3. The van der Waals surface area contributed by atoms with E-state index in [1.165, 1.54) is 12.1 Å². The second-order valence-corrected chi connectivity index (χ2v) is 2.13. The molecule has 0 aliphatic heterocycles. The minimum Gasteiger partial charge on any atom is -0.435 e. The standard InChI is InChI=1S/C8H6F3O/c1-5-2-3-6(4-7(5)9)12-8(10)11/h2-4,8H,1H2. The first kappa shape index (κ1) is 8.90. The molecule has 0 saturated carbocycles. The molecule has 4 heteroatoms. The molecule has 0 atom stereocenters. The number of alkyl halides is 2. The van der Waals surface area contributed by atoms with Crippen molar-refractivity contribution in [1.82, 2.24) is 0 Å². The summed E-state index contributed by atoms with van der Waals surface area (Å²) in [5, 5.41) is 0. The molecule has 1 nitrogen and oxygen atoms in total. The van der Waals surface area contributed by atoms with Crippen molar-refractivity contribution in [2.24, 2.45) is 0 Å². The lowest BCUT2D eigenvalue weighted by atomic mass is 10.2. The summed E-state index contributed by atoms with van der Waals surface area (Å²) in [4.78, 5) is 0. The summed E-state index contributed by atoms with van der Waals surface area (Å²) < 4.78 is 39.8. The van der Waals surface area contributed by atoms with E-state index < -0.39 is 12.4 Å². The molecule has 0 aliphatic rings.